The number of hydrogen-bond donors (Lipinski definition) is 2. The van der Waals surface area contributed by atoms with E-state index in [4.69, 9.17) is 5.11 Å². The van der Waals surface area contributed by atoms with Crippen LogP contribution in [0.1, 0.15) is 39.5 Å². The molecule has 0 bridgehead atoms. The minimum Gasteiger partial charge on any atom is -0.480 e. The number of carbonyl (C=O) groups is 1. The molecule has 0 heterocycles. The molecule has 1 saturated carbocycles. The highest BCUT2D eigenvalue weighted by molar-refractivity contribution is 5.73. The van der Waals surface area contributed by atoms with E-state index in [0.29, 0.717) is 18.4 Å². The molecule has 0 radical (unpaired) electrons. The van der Waals surface area contributed by atoms with Gasteiger partial charge in [0.25, 0.3) is 0 Å². The molecule has 100 valence electrons. The lowest BCUT2D eigenvalue weighted by Crippen LogP contribution is -2.40. The maximum absolute atomic E-state index is 11.1. The zero-order chi connectivity index (χ0) is 12.8. The van der Waals surface area contributed by atoms with Crippen molar-refractivity contribution in [3.05, 3.63) is 0 Å². The van der Waals surface area contributed by atoms with Crippen LogP contribution in [0, 0.1) is 5.92 Å². The lowest BCUT2D eigenvalue weighted by Gasteiger charge is -2.20. The summed E-state index contributed by atoms with van der Waals surface area (Å²) in [5.74, 6) is -0.00790. The number of carboxylic acids is 1. The minimum atomic E-state index is -0.714. The predicted octanol–water partition coefficient (Wildman–Crippen LogP) is 1.56. The summed E-state index contributed by atoms with van der Waals surface area (Å²) in [7, 11) is 2.07. The molecule has 17 heavy (non-hydrogen) atoms. The van der Waals surface area contributed by atoms with E-state index in [9.17, 15) is 4.79 Å². The summed E-state index contributed by atoms with van der Waals surface area (Å²) in [6.45, 7) is 6.32. The van der Waals surface area contributed by atoms with Gasteiger partial charge in [-0.05, 0) is 51.7 Å². The number of carboxylic acid groups (broad SMARTS) is 1. The quantitative estimate of drug-likeness (QED) is 0.644. The summed E-state index contributed by atoms with van der Waals surface area (Å²) in [5.41, 5.74) is 0. The highest BCUT2D eigenvalue weighted by atomic mass is 16.4. The van der Waals surface area contributed by atoms with Crippen molar-refractivity contribution in [2.75, 3.05) is 20.1 Å². The highest BCUT2D eigenvalue weighted by Gasteiger charge is 2.27. The third-order valence-corrected chi connectivity index (χ3v) is 3.20. The summed E-state index contributed by atoms with van der Waals surface area (Å²) in [5, 5.41) is 12.3. The van der Waals surface area contributed by atoms with Gasteiger partial charge >= 0.3 is 5.97 Å². The second-order valence-corrected chi connectivity index (χ2v) is 5.61. The molecule has 0 aliphatic heterocycles. The molecule has 1 rings (SSSR count). The third kappa shape index (κ3) is 6.64. The third-order valence-electron chi connectivity index (χ3n) is 3.20. The summed E-state index contributed by atoms with van der Waals surface area (Å²) in [6, 6.07) is 0.0843. The van der Waals surface area contributed by atoms with Crippen LogP contribution in [-0.2, 0) is 4.79 Å². The van der Waals surface area contributed by atoms with Crippen molar-refractivity contribution < 1.29 is 9.90 Å². The molecule has 0 aromatic carbocycles. The van der Waals surface area contributed by atoms with Crippen molar-refractivity contribution in [3.8, 4) is 0 Å². The van der Waals surface area contributed by atoms with E-state index in [1.54, 1.807) is 0 Å². The SMILES string of the molecule is CC(C)CCN(C)CCC(NC1CC1)C(=O)O. The van der Waals surface area contributed by atoms with Crippen LogP contribution in [0.15, 0.2) is 0 Å². The van der Waals surface area contributed by atoms with E-state index < -0.39 is 5.97 Å². The zero-order valence-corrected chi connectivity index (χ0v) is 11.3. The normalized spacial score (nSPS) is 17.7. The molecule has 1 aliphatic rings. The van der Waals surface area contributed by atoms with E-state index in [-0.39, 0.29) is 6.04 Å². The molecule has 4 heteroatoms. The van der Waals surface area contributed by atoms with Gasteiger partial charge in [-0.15, -0.1) is 0 Å². The van der Waals surface area contributed by atoms with Gasteiger partial charge in [0.1, 0.15) is 6.04 Å². The number of nitrogens with one attached hydrogen (secondary N) is 1. The lowest BCUT2D eigenvalue weighted by atomic mass is 10.1. The predicted molar refractivity (Wildman–Crippen MR) is 69.2 cm³/mol. The van der Waals surface area contributed by atoms with Gasteiger partial charge in [-0.1, -0.05) is 13.8 Å². The summed E-state index contributed by atoms with van der Waals surface area (Å²) in [4.78, 5) is 13.3. The van der Waals surface area contributed by atoms with Gasteiger partial charge in [0.15, 0.2) is 0 Å². The highest BCUT2D eigenvalue weighted by Crippen LogP contribution is 2.20. The molecule has 2 N–H and O–H groups in total. The minimum absolute atomic E-state index is 0.371. The first-order valence-corrected chi connectivity index (χ1v) is 6.66. The van der Waals surface area contributed by atoms with E-state index >= 15 is 0 Å². The van der Waals surface area contributed by atoms with Crippen molar-refractivity contribution in [2.45, 2.75) is 51.6 Å². The number of aliphatic carboxylic acids is 1. The van der Waals surface area contributed by atoms with Crippen LogP contribution in [0.5, 0.6) is 0 Å². The fourth-order valence-corrected chi connectivity index (χ4v) is 1.75. The van der Waals surface area contributed by atoms with E-state index in [2.05, 4.69) is 31.1 Å². The first kappa shape index (κ1) is 14.5. The first-order chi connectivity index (χ1) is 7.99. The second kappa shape index (κ2) is 6.97. The van der Waals surface area contributed by atoms with Crippen molar-refractivity contribution in [2.24, 2.45) is 5.92 Å². The van der Waals surface area contributed by atoms with Gasteiger partial charge in [-0.25, -0.2) is 0 Å². The summed E-state index contributed by atoms with van der Waals surface area (Å²) in [6.07, 6.45) is 4.13. The van der Waals surface area contributed by atoms with Crippen LogP contribution in [0.3, 0.4) is 0 Å². The Bertz CT molecular complexity index is 240. The fraction of sp³-hybridized carbons (Fsp3) is 0.923. The molecular weight excluding hydrogens is 216 g/mol. The Hall–Kier alpha value is -0.610. The Morgan fingerprint density at radius 3 is 2.41 bits per heavy atom. The van der Waals surface area contributed by atoms with Crippen LogP contribution in [0.25, 0.3) is 0 Å². The van der Waals surface area contributed by atoms with Crippen LogP contribution in [0.4, 0.5) is 0 Å². The number of hydrogen-bond acceptors (Lipinski definition) is 3. The van der Waals surface area contributed by atoms with Crippen LogP contribution in [0.2, 0.25) is 0 Å². The summed E-state index contributed by atoms with van der Waals surface area (Å²) < 4.78 is 0. The zero-order valence-electron chi connectivity index (χ0n) is 11.3. The Morgan fingerprint density at radius 1 is 1.35 bits per heavy atom. The van der Waals surface area contributed by atoms with Gasteiger partial charge in [0.2, 0.25) is 0 Å². The molecule has 1 atom stereocenters. The average Bonchev–Trinajstić information content (AvgIpc) is 3.04. The molecule has 0 aromatic heterocycles. The standard InChI is InChI=1S/C13H26N2O2/c1-10(2)6-8-15(3)9-7-12(13(16)17)14-11-4-5-11/h10-12,14H,4-9H2,1-3H3,(H,16,17). The Morgan fingerprint density at radius 2 is 1.94 bits per heavy atom. The monoisotopic (exact) mass is 242 g/mol. The maximum atomic E-state index is 11.1. The van der Waals surface area contributed by atoms with Gasteiger partial charge in [-0.3, -0.25) is 4.79 Å². The molecular formula is C13H26N2O2. The number of nitrogens with zero attached hydrogens (tertiary/aromatic N) is 1. The maximum Gasteiger partial charge on any atom is 0.320 e. The van der Waals surface area contributed by atoms with Crippen molar-refractivity contribution in [1.82, 2.24) is 10.2 Å². The number of rotatable bonds is 9. The average molecular weight is 242 g/mol. The van der Waals surface area contributed by atoms with Crippen molar-refractivity contribution in [1.29, 1.82) is 0 Å². The molecule has 0 aromatic rings. The molecule has 0 amide bonds. The molecule has 4 nitrogen and oxygen atoms in total. The van der Waals surface area contributed by atoms with E-state index in [0.717, 1.165) is 25.9 Å². The van der Waals surface area contributed by atoms with Crippen molar-refractivity contribution in [3.63, 3.8) is 0 Å². The lowest BCUT2D eigenvalue weighted by molar-refractivity contribution is -0.139. The largest absolute Gasteiger partial charge is 0.480 e. The molecule has 1 unspecified atom stereocenters. The Kier molecular flexibility index (Phi) is 5.92. The van der Waals surface area contributed by atoms with Gasteiger partial charge < -0.3 is 15.3 Å². The Labute approximate surface area is 104 Å². The molecule has 0 saturated heterocycles. The van der Waals surface area contributed by atoms with Gasteiger partial charge in [0, 0.05) is 6.04 Å². The topological polar surface area (TPSA) is 52.6 Å². The van der Waals surface area contributed by atoms with E-state index in [1.165, 1.54) is 6.42 Å². The molecule has 1 aliphatic carbocycles. The van der Waals surface area contributed by atoms with Gasteiger partial charge in [-0.2, -0.15) is 0 Å². The van der Waals surface area contributed by atoms with Crippen LogP contribution < -0.4 is 5.32 Å². The molecule has 1 fully saturated rings. The fourth-order valence-electron chi connectivity index (χ4n) is 1.75. The van der Waals surface area contributed by atoms with Crippen LogP contribution in [-0.4, -0.2) is 48.2 Å². The van der Waals surface area contributed by atoms with Crippen LogP contribution >= 0.6 is 0 Å². The summed E-state index contributed by atoms with van der Waals surface area (Å²) >= 11 is 0. The van der Waals surface area contributed by atoms with Gasteiger partial charge in [0.05, 0.1) is 0 Å². The smallest absolute Gasteiger partial charge is 0.320 e. The van der Waals surface area contributed by atoms with E-state index in [1.807, 2.05) is 0 Å². The molecule has 0 spiro atoms. The van der Waals surface area contributed by atoms with Crippen molar-refractivity contribution >= 4 is 5.97 Å². The second-order valence-electron chi connectivity index (χ2n) is 5.61. The Balaban J connectivity index is 2.18. The first-order valence-electron chi connectivity index (χ1n) is 6.66.